The van der Waals surface area contributed by atoms with E-state index in [1.54, 1.807) is 0 Å². The van der Waals surface area contributed by atoms with Crippen LogP contribution in [0.25, 0.3) is 89.3 Å². The van der Waals surface area contributed by atoms with Crippen LogP contribution in [0.5, 0.6) is 0 Å². The molecule has 0 saturated heterocycles. The van der Waals surface area contributed by atoms with Crippen LogP contribution in [0.1, 0.15) is 5.56 Å². The Bertz CT molecular complexity index is 2960. The number of fused-ring (bicyclic) bond motifs is 3. The summed E-state index contributed by atoms with van der Waals surface area (Å²) in [6, 6.07) is 70.9. The first-order valence-corrected chi connectivity index (χ1v) is 18.7. The van der Waals surface area contributed by atoms with Gasteiger partial charge in [0.2, 0.25) is 0 Å². The largest absolute Gasteiger partial charge is 0.309 e. The normalized spacial score (nSPS) is 11.4. The zero-order valence-corrected chi connectivity index (χ0v) is 30.3. The van der Waals surface area contributed by atoms with Gasteiger partial charge in [0.05, 0.1) is 16.7 Å². The van der Waals surface area contributed by atoms with Crippen LogP contribution < -0.4 is 0 Å². The first-order valence-electron chi connectivity index (χ1n) is 18.7. The molecule has 4 nitrogen and oxygen atoms in total. The van der Waals surface area contributed by atoms with Gasteiger partial charge in [0.25, 0.3) is 0 Å². The van der Waals surface area contributed by atoms with E-state index < -0.39 is 0 Å². The van der Waals surface area contributed by atoms with E-state index in [-0.39, 0.29) is 0 Å². The highest BCUT2D eigenvalue weighted by Crippen LogP contribution is 2.41. The predicted molar refractivity (Wildman–Crippen MR) is 228 cm³/mol. The van der Waals surface area contributed by atoms with E-state index in [1.165, 1.54) is 55.2 Å². The minimum Gasteiger partial charge on any atom is -0.309 e. The van der Waals surface area contributed by atoms with Crippen molar-refractivity contribution in [2.45, 2.75) is 6.92 Å². The van der Waals surface area contributed by atoms with E-state index in [2.05, 4.69) is 163 Å². The van der Waals surface area contributed by atoms with Gasteiger partial charge >= 0.3 is 0 Å². The Morgan fingerprint density at radius 1 is 0.382 bits per heavy atom. The summed E-state index contributed by atoms with van der Waals surface area (Å²) in [7, 11) is 0. The molecule has 4 heteroatoms. The van der Waals surface area contributed by atoms with Gasteiger partial charge in [-0.2, -0.15) is 0 Å². The van der Waals surface area contributed by atoms with Crippen molar-refractivity contribution < 1.29 is 0 Å². The Labute approximate surface area is 320 Å². The van der Waals surface area contributed by atoms with Crippen molar-refractivity contribution in [1.29, 1.82) is 0 Å². The van der Waals surface area contributed by atoms with Crippen LogP contribution in [0.15, 0.2) is 200 Å². The van der Waals surface area contributed by atoms with Gasteiger partial charge in [0, 0.05) is 27.6 Å². The van der Waals surface area contributed by atoms with E-state index in [4.69, 9.17) is 10.1 Å². The summed E-state index contributed by atoms with van der Waals surface area (Å²) < 4.78 is 4.33. The first kappa shape index (κ1) is 32.4. The molecule has 0 amide bonds. The van der Waals surface area contributed by atoms with E-state index >= 15 is 0 Å². The second-order valence-electron chi connectivity index (χ2n) is 14.0. The Balaban J connectivity index is 1.06. The average Bonchev–Trinajstić information content (AvgIpc) is 3.85. The molecular weight excluding hydrogens is 669 g/mol. The molecule has 0 bridgehead atoms. The van der Waals surface area contributed by atoms with Gasteiger partial charge in [-0.25, -0.2) is 9.67 Å². The molecule has 0 aliphatic rings. The average molecular weight is 705 g/mol. The van der Waals surface area contributed by atoms with E-state index in [9.17, 15) is 0 Å². The maximum Gasteiger partial charge on any atom is 0.182 e. The molecule has 8 aromatic carbocycles. The molecule has 10 rings (SSSR count). The number of rotatable bonds is 7. The maximum atomic E-state index is 5.01. The van der Waals surface area contributed by atoms with Gasteiger partial charge in [0.15, 0.2) is 11.6 Å². The van der Waals surface area contributed by atoms with Gasteiger partial charge in [-0.05, 0) is 88.8 Å². The zero-order chi connectivity index (χ0) is 36.7. The van der Waals surface area contributed by atoms with Gasteiger partial charge in [-0.3, -0.25) is 0 Å². The van der Waals surface area contributed by atoms with E-state index in [1.807, 2.05) is 53.2 Å². The number of hydrogen-bond donors (Lipinski definition) is 0. The van der Waals surface area contributed by atoms with E-state index in [0.29, 0.717) is 5.82 Å². The van der Waals surface area contributed by atoms with Crippen molar-refractivity contribution in [3.05, 3.63) is 206 Å². The molecule has 0 unspecified atom stereocenters. The van der Waals surface area contributed by atoms with Crippen molar-refractivity contribution in [2.75, 3.05) is 0 Å². The molecular formula is C51H36N4. The van der Waals surface area contributed by atoms with Gasteiger partial charge in [-0.15, -0.1) is 5.10 Å². The third kappa shape index (κ3) is 5.81. The number of aryl methyl sites for hydroxylation is 1. The van der Waals surface area contributed by atoms with Crippen LogP contribution >= 0.6 is 0 Å². The molecule has 0 aliphatic carbocycles. The second kappa shape index (κ2) is 13.6. The van der Waals surface area contributed by atoms with Crippen LogP contribution in [0.3, 0.4) is 0 Å². The zero-order valence-electron chi connectivity index (χ0n) is 30.3. The molecule has 260 valence electrons. The van der Waals surface area contributed by atoms with Crippen molar-refractivity contribution in [3.63, 3.8) is 0 Å². The number of nitrogens with zero attached hydrogens (tertiary/aromatic N) is 4. The Morgan fingerprint density at radius 2 is 0.891 bits per heavy atom. The lowest BCUT2D eigenvalue weighted by molar-refractivity contribution is 0.891. The SMILES string of the molecule is Cc1ccc2c(c1)c1cc(-c3ccccc3-c3ccccc3-c3ccc(-n4nc(-c5ccccc5)nc4-c4ccccc4)cc3)ccc1n2-c1ccccc1. The first-order chi connectivity index (χ1) is 27.2. The lowest BCUT2D eigenvalue weighted by atomic mass is 9.89. The number of para-hydroxylation sites is 1. The van der Waals surface area contributed by atoms with Crippen LogP contribution in [0.4, 0.5) is 0 Å². The molecule has 10 aromatic rings. The summed E-state index contributed by atoms with van der Waals surface area (Å²) in [5, 5.41) is 7.52. The Morgan fingerprint density at radius 3 is 1.55 bits per heavy atom. The van der Waals surface area contributed by atoms with Crippen molar-refractivity contribution in [3.8, 4) is 67.5 Å². The molecule has 2 heterocycles. The summed E-state index contributed by atoms with van der Waals surface area (Å²) in [5.41, 5.74) is 14.9. The molecule has 0 radical (unpaired) electrons. The summed E-state index contributed by atoms with van der Waals surface area (Å²) in [5.74, 6) is 1.50. The molecule has 0 fully saturated rings. The summed E-state index contributed by atoms with van der Waals surface area (Å²) >= 11 is 0. The minimum absolute atomic E-state index is 0.698. The van der Waals surface area contributed by atoms with Crippen molar-refractivity contribution >= 4 is 21.8 Å². The van der Waals surface area contributed by atoms with Crippen LogP contribution in [-0.2, 0) is 0 Å². The highest BCUT2D eigenvalue weighted by molar-refractivity contribution is 6.11. The number of benzene rings is 8. The molecule has 0 spiro atoms. The second-order valence-corrected chi connectivity index (χ2v) is 14.0. The monoisotopic (exact) mass is 704 g/mol. The fourth-order valence-electron chi connectivity index (χ4n) is 7.86. The minimum atomic E-state index is 0.698. The predicted octanol–water partition coefficient (Wildman–Crippen LogP) is 13.0. The van der Waals surface area contributed by atoms with Crippen LogP contribution in [-0.4, -0.2) is 19.3 Å². The summed E-state index contributed by atoms with van der Waals surface area (Å²) in [6.45, 7) is 2.17. The lowest BCUT2D eigenvalue weighted by Crippen LogP contribution is -1.99. The van der Waals surface area contributed by atoms with Crippen LogP contribution in [0, 0.1) is 6.92 Å². The number of hydrogen-bond acceptors (Lipinski definition) is 2. The topological polar surface area (TPSA) is 35.6 Å². The third-order valence-electron chi connectivity index (χ3n) is 10.5. The van der Waals surface area contributed by atoms with Crippen molar-refractivity contribution in [2.24, 2.45) is 0 Å². The summed E-state index contributed by atoms with van der Waals surface area (Å²) in [6.07, 6.45) is 0. The van der Waals surface area contributed by atoms with Crippen LogP contribution in [0.2, 0.25) is 0 Å². The summed E-state index contributed by atoms with van der Waals surface area (Å²) in [4.78, 5) is 5.01. The fraction of sp³-hybridized carbons (Fsp3) is 0.0196. The highest BCUT2D eigenvalue weighted by Gasteiger charge is 2.18. The highest BCUT2D eigenvalue weighted by atomic mass is 15.4. The maximum absolute atomic E-state index is 5.01. The van der Waals surface area contributed by atoms with Gasteiger partial charge < -0.3 is 4.57 Å². The molecule has 0 N–H and O–H groups in total. The Kier molecular flexibility index (Phi) is 8.00. The fourth-order valence-corrected chi connectivity index (χ4v) is 7.86. The standard InChI is InChI=1S/C51H36N4/c1-35-25-31-48-46(33-35)47-34-39(28-32-49(47)54(48)40-19-9-4-10-20-40)43-22-12-14-24-45(43)44-23-13-11-21-42(44)36-26-29-41(30-27-36)55-51(38-17-7-3-8-18-38)52-50(53-55)37-15-5-2-6-16-37/h2-34H,1H3. The molecule has 0 aliphatic heterocycles. The number of aromatic nitrogens is 4. The lowest BCUT2D eigenvalue weighted by Gasteiger charge is -2.15. The smallest absolute Gasteiger partial charge is 0.182 e. The van der Waals surface area contributed by atoms with Gasteiger partial charge in [0.1, 0.15) is 0 Å². The molecule has 0 saturated carbocycles. The van der Waals surface area contributed by atoms with E-state index in [0.717, 1.165) is 33.9 Å². The Hall–Kier alpha value is -7.30. The molecule has 2 aromatic heterocycles. The van der Waals surface area contributed by atoms with Crippen molar-refractivity contribution in [1.82, 2.24) is 19.3 Å². The third-order valence-corrected chi connectivity index (χ3v) is 10.5. The van der Waals surface area contributed by atoms with Gasteiger partial charge in [-0.1, -0.05) is 157 Å². The molecule has 0 atom stereocenters. The quantitative estimate of drug-likeness (QED) is 0.166. The molecule has 55 heavy (non-hydrogen) atoms.